The van der Waals surface area contributed by atoms with E-state index in [4.69, 9.17) is 17.3 Å². The number of rotatable bonds is 3. The van der Waals surface area contributed by atoms with Crippen molar-refractivity contribution in [3.8, 4) is 0 Å². The summed E-state index contributed by atoms with van der Waals surface area (Å²) in [5, 5.41) is 3.07. The van der Waals surface area contributed by atoms with Crippen molar-refractivity contribution >= 4 is 23.3 Å². The summed E-state index contributed by atoms with van der Waals surface area (Å²) in [6.07, 6.45) is 3.37. The minimum Gasteiger partial charge on any atom is -0.384 e. The Bertz CT molecular complexity index is 588. The third kappa shape index (κ3) is 3.20. The highest BCUT2D eigenvalue weighted by atomic mass is 35.5. The maximum atomic E-state index is 12.1. The predicted molar refractivity (Wildman–Crippen MR) is 73.8 cm³/mol. The van der Waals surface area contributed by atoms with Crippen LogP contribution in [0.25, 0.3) is 0 Å². The van der Waals surface area contributed by atoms with Gasteiger partial charge in [0.25, 0.3) is 5.91 Å². The fourth-order valence-electron chi connectivity index (χ4n) is 1.60. The summed E-state index contributed by atoms with van der Waals surface area (Å²) in [7, 11) is 0. The molecule has 0 spiro atoms. The zero-order valence-electron chi connectivity index (χ0n) is 10.3. The van der Waals surface area contributed by atoms with Crippen LogP contribution in [-0.2, 0) is 0 Å². The third-order valence-electron chi connectivity index (χ3n) is 2.61. The maximum Gasteiger partial charge on any atom is 0.271 e. The molecule has 5 nitrogen and oxygen atoms in total. The summed E-state index contributed by atoms with van der Waals surface area (Å²) in [6, 6.07) is 6.59. The predicted octanol–water partition coefficient (Wildman–Crippen LogP) is 2.20. The zero-order chi connectivity index (χ0) is 13.8. The Labute approximate surface area is 115 Å². The Morgan fingerprint density at radius 2 is 2.21 bits per heavy atom. The molecular formula is C13H13ClN4O. The number of hydrogen-bond acceptors (Lipinski definition) is 4. The quantitative estimate of drug-likeness (QED) is 0.900. The lowest BCUT2D eigenvalue weighted by Crippen LogP contribution is -2.28. The van der Waals surface area contributed by atoms with Gasteiger partial charge in [-0.2, -0.15) is 0 Å². The lowest BCUT2D eigenvalue weighted by molar-refractivity contribution is 0.0935. The number of anilines is 1. The second kappa shape index (κ2) is 5.67. The molecular weight excluding hydrogens is 264 g/mol. The summed E-state index contributed by atoms with van der Waals surface area (Å²) < 4.78 is 0. The first-order valence-electron chi connectivity index (χ1n) is 5.70. The van der Waals surface area contributed by atoms with Gasteiger partial charge in [0.1, 0.15) is 11.5 Å². The second-order valence-corrected chi connectivity index (χ2v) is 4.46. The van der Waals surface area contributed by atoms with E-state index in [0.717, 1.165) is 5.56 Å². The molecule has 0 saturated heterocycles. The molecule has 1 amide bonds. The van der Waals surface area contributed by atoms with Crippen molar-refractivity contribution in [2.45, 2.75) is 13.0 Å². The second-order valence-electron chi connectivity index (χ2n) is 4.05. The highest BCUT2D eigenvalue weighted by Crippen LogP contribution is 2.17. The van der Waals surface area contributed by atoms with Gasteiger partial charge in [0, 0.05) is 12.4 Å². The van der Waals surface area contributed by atoms with Crippen molar-refractivity contribution in [2.24, 2.45) is 0 Å². The molecule has 19 heavy (non-hydrogen) atoms. The van der Waals surface area contributed by atoms with E-state index in [1.807, 2.05) is 19.1 Å². The van der Waals surface area contributed by atoms with Crippen LogP contribution in [0.5, 0.6) is 0 Å². The molecule has 2 heterocycles. The first kappa shape index (κ1) is 13.3. The molecule has 0 aliphatic rings. The van der Waals surface area contributed by atoms with Gasteiger partial charge in [-0.1, -0.05) is 17.7 Å². The SMILES string of the molecule is CC(NC(=O)c1nc(N)ccc1Cl)c1cccnc1. The van der Waals surface area contributed by atoms with Crippen molar-refractivity contribution < 1.29 is 4.79 Å². The Hall–Kier alpha value is -2.14. The molecule has 98 valence electrons. The fraction of sp³-hybridized carbons (Fsp3) is 0.154. The van der Waals surface area contributed by atoms with Gasteiger partial charge < -0.3 is 11.1 Å². The van der Waals surface area contributed by atoms with Crippen LogP contribution >= 0.6 is 11.6 Å². The van der Waals surface area contributed by atoms with Crippen LogP contribution in [0.2, 0.25) is 5.02 Å². The highest BCUT2D eigenvalue weighted by molar-refractivity contribution is 6.33. The summed E-state index contributed by atoms with van der Waals surface area (Å²) >= 11 is 5.93. The first-order valence-corrected chi connectivity index (χ1v) is 6.08. The Morgan fingerprint density at radius 3 is 2.89 bits per heavy atom. The van der Waals surface area contributed by atoms with E-state index in [-0.39, 0.29) is 28.5 Å². The van der Waals surface area contributed by atoms with Gasteiger partial charge >= 0.3 is 0 Å². The minimum atomic E-state index is -0.367. The number of carbonyl (C=O) groups is 1. The van der Waals surface area contributed by atoms with E-state index in [2.05, 4.69) is 15.3 Å². The number of hydrogen-bond donors (Lipinski definition) is 2. The van der Waals surface area contributed by atoms with Gasteiger partial charge in [0.05, 0.1) is 11.1 Å². The number of nitrogens with zero attached hydrogens (tertiary/aromatic N) is 2. The number of carbonyl (C=O) groups excluding carboxylic acids is 1. The zero-order valence-corrected chi connectivity index (χ0v) is 11.1. The van der Waals surface area contributed by atoms with Crippen molar-refractivity contribution in [2.75, 3.05) is 5.73 Å². The van der Waals surface area contributed by atoms with Crippen LogP contribution in [-0.4, -0.2) is 15.9 Å². The smallest absolute Gasteiger partial charge is 0.271 e. The number of nitrogens with one attached hydrogen (secondary N) is 1. The molecule has 0 bridgehead atoms. The molecule has 3 N–H and O–H groups in total. The van der Waals surface area contributed by atoms with Crippen LogP contribution in [0, 0.1) is 0 Å². The van der Waals surface area contributed by atoms with Crippen molar-refractivity contribution in [1.29, 1.82) is 0 Å². The summed E-state index contributed by atoms with van der Waals surface area (Å²) in [4.78, 5) is 20.0. The number of amides is 1. The van der Waals surface area contributed by atoms with Crippen LogP contribution in [0.15, 0.2) is 36.7 Å². The van der Waals surface area contributed by atoms with Crippen molar-refractivity contribution in [3.05, 3.63) is 52.9 Å². The molecule has 6 heteroatoms. The van der Waals surface area contributed by atoms with E-state index in [0.29, 0.717) is 0 Å². The van der Waals surface area contributed by atoms with Crippen LogP contribution in [0.4, 0.5) is 5.82 Å². The molecule has 2 aromatic heterocycles. The average molecular weight is 277 g/mol. The largest absolute Gasteiger partial charge is 0.384 e. The van der Waals surface area contributed by atoms with Crippen LogP contribution < -0.4 is 11.1 Å². The number of aromatic nitrogens is 2. The van der Waals surface area contributed by atoms with Gasteiger partial charge in [-0.25, -0.2) is 4.98 Å². The molecule has 0 fully saturated rings. The standard InChI is InChI=1S/C13H13ClN4O/c1-8(9-3-2-6-16-7-9)17-13(19)12-10(14)4-5-11(15)18-12/h2-8H,1H3,(H2,15,18)(H,17,19). The van der Waals surface area contributed by atoms with Gasteiger partial charge in [-0.05, 0) is 30.7 Å². The molecule has 0 aliphatic carbocycles. The van der Waals surface area contributed by atoms with Gasteiger partial charge in [-0.3, -0.25) is 9.78 Å². The molecule has 0 aromatic carbocycles. The molecule has 1 atom stereocenters. The van der Waals surface area contributed by atoms with Gasteiger partial charge in [0.15, 0.2) is 0 Å². The summed E-state index contributed by atoms with van der Waals surface area (Å²) in [6.45, 7) is 1.86. The highest BCUT2D eigenvalue weighted by Gasteiger charge is 2.16. The minimum absolute atomic E-state index is 0.123. The van der Waals surface area contributed by atoms with Gasteiger partial charge in [-0.15, -0.1) is 0 Å². The number of pyridine rings is 2. The normalized spacial score (nSPS) is 11.9. The van der Waals surface area contributed by atoms with Gasteiger partial charge in [0.2, 0.25) is 0 Å². The Kier molecular flexibility index (Phi) is 3.97. The van der Waals surface area contributed by atoms with Crippen molar-refractivity contribution in [3.63, 3.8) is 0 Å². The number of nitrogens with two attached hydrogens (primary N) is 1. The van der Waals surface area contributed by atoms with Crippen LogP contribution in [0.3, 0.4) is 0 Å². The first-order chi connectivity index (χ1) is 9.08. The Morgan fingerprint density at radius 1 is 1.42 bits per heavy atom. The molecule has 2 aromatic rings. The average Bonchev–Trinajstić information content (AvgIpc) is 2.42. The maximum absolute atomic E-state index is 12.1. The topological polar surface area (TPSA) is 80.9 Å². The number of halogens is 1. The van der Waals surface area contributed by atoms with E-state index in [9.17, 15) is 4.79 Å². The molecule has 0 radical (unpaired) electrons. The lowest BCUT2D eigenvalue weighted by atomic mass is 10.1. The molecule has 0 saturated carbocycles. The lowest BCUT2D eigenvalue weighted by Gasteiger charge is -2.14. The molecule has 2 rings (SSSR count). The van der Waals surface area contributed by atoms with E-state index < -0.39 is 0 Å². The van der Waals surface area contributed by atoms with Crippen molar-refractivity contribution in [1.82, 2.24) is 15.3 Å². The third-order valence-corrected chi connectivity index (χ3v) is 2.92. The number of nitrogen functional groups attached to an aromatic ring is 1. The molecule has 1 unspecified atom stereocenters. The summed E-state index contributed by atoms with van der Waals surface area (Å²) in [5.41, 5.74) is 6.57. The molecule has 0 aliphatic heterocycles. The Balaban J connectivity index is 2.15. The van der Waals surface area contributed by atoms with E-state index >= 15 is 0 Å². The van der Waals surface area contributed by atoms with E-state index in [1.54, 1.807) is 24.5 Å². The fourth-order valence-corrected chi connectivity index (χ4v) is 1.79. The van der Waals surface area contributed by atoms with Crippen LogP contribution in [0.1, 0.15) is 29.0 Å². The van der Waals surface area contributed by atoms with E-state index in [1.165, 1.54) is 0 Å². The summed E-state index contributed by atoms with van der Waals surface area (Å²) in [5.74, 6) is -0.114. The monoisotopic (exact) mass is 276 g/mol.